The van der Waals surface area contributed by atoms with Gasteiger partial charge in [-0.1, -0.05) is 13.8 Å². The van der Waals surface area contributed by atoms with Crippen molar-refractivity contribution in [3.05, 3.63) is 23.5 Å². The maximum atomic E-state index is 8.37. The van der Waals surface area contributed by atoms with Gasteiger partial charge in [0.2, 0.25) is 0 Å². The van der Waals surface area contributed by atoms with E-state index in [1.165, 1.54) is 0 Å². The van der Waals surface area contributed by atoms with Gasteiger partial charge in [-0.25, -0.2) is 0 Å². The van der Waals surface area contributed by atoms with Crippen LogP contribution in [0.2, 0.25) is 0 Å². The molecule has 1 heterocycles. The molecule has 3 nitrogen and oxygen atoms in total. The minimum absolute atomic E-state index is 0.400. The Morgan fingerprint density at radius 1 is 1.45 bits per heavy atom. The fraction of sp³-hybridized carbons (Fsp3) is 0.375. The van der Waals surface area contributed by atoms with Crippen LogP contribution in [0.15, 0.2) is 12.3 Å². The van der Waals surface area contributed by atoms with Gasteiger partial charge in [-0.2, -0.15) is 10.4 Å². The summed E-state index contributed by atoms with van der Waals surface area (Å²) in [6.45, 7) is 5.83. The second kappa shape index (κ2) is 5.36. The number of aryl methyl sites for hydroxylation is 1. The Bertz CT molecular complexity index is 250. The van der Waals surface area contributed by atoms with Crippen LogP contribution in [-0.4, -0.2) is 10.2 Å². The van der Waals surface area contributed by atoms with Gasteiger partial charge in [0.15, 0.2) is 5.69 Å². The quantitative estimate of drug-likeness (QED) is 0.564. The van der Waals surface area contributed by atoms with E-state index in [0.29, 0.717) is 5.69 Å². The lowest BCUT2D eigenvalue weighted by Crippen LogP contribution is -1.88. The minimum atomic E-state index is 0.400. The fourth-order valence-corrected chi connectivity index (χ4v) is 0.505. The van der Waals surface area contributed by atoms with Crippen LogP contribution in [0.25, 0.3) is 0 Å². The monoisotopic (exact) mass is 149 g/mol. The van der Waals surface area contributed by atoms with Crippen molar-refractivity contribution in [2.45, 2.75) is 20.8 Å². The molecule has 0 amide bonds. The number of hydrogen-bond acceptors (Lipinski definition) is 3. The predicted octanol–water partition coefficient (Wildman–Crippen LogP) is 1.68. The SMILES string of the molecule is CC.Cc1ccnnc1C#N. The second-order valence-corrected chi connectivity index (χ2v) is 1.67. The molecule has 0 aliphatic carbocycles. The molecule has 11 heavy (non-hydrogen) atoms. The fourth-order valence-electron chi connectivity index (χ4n) is 0.505. The molecule has 3 heteroatoms. The summed E-state index contributed by atoms with van der Waals surface area (Å²) in [5.74, 6) is 0. The lowest BCUT2D eigenvalue weighted by Gasteiger charge is -1.88. The van der Waals surface area contributed by atoms with Gasteiger partial charge >= 0.3 is 0 Å². The molecule has 0 fully saturated rings. The molecule has 58 valence electrons. The molecule has 0 spiro atoms. The maximum absolute atomic E-state index is 8.37. The molecular weight excluding hydrogens is 138 g/mol. The number of rotatable bonds is 0. The molecule has 1 aromatic heterocycles. The van der Waals surface area contributed by atoms with E-state index in [1.807, 2.05) is 26.8 Å². The van der Waals surface area contributed by atoms with Crippen molar-refractivity contribution in [2.24, 2.45) is 0 Å². The topological polar surface area (TPSA) is 49.6 Å². The highest BCUT2D eigenvalue weighted by Crippen LogP contribution is 1.97. The van der Waals surface area contributed by atoms with Crippen molar-refractivity contribution in [2.75, 3.05) is 0 Å². The van der Waals surface area contributed by atoms with E-state index in [9.17, 15) is 0 Å². The highest BCUT2D eigenvalue weighted by Gasteiger charge is 1.93. The average molecular weight is 149 g/mol. The summed E-state index contributed by atoms with van der Waals surface area (Å²) in [7, 11) is 0. The highest BCUT2D eigenvalue weighted by molar-refractivity contribution is 5.26. The van der Waals surface area contributed by atoms with Crippen molar-refractivity contribution in [3.8, 4) is 6.07 Å². The Morgan fingerprint density at radius 2 is 2.09 bits per heavy atom. The minimum Gasteiger partial charge on any atom is -0.191 e. The van der Waals surface area contributed by atoms with Crippen molar-refractivity contribution in [1.29, 1.82) is 5.26 Å². The first-order valence-corrected chi connectivity index (χ1v) is 3.53. The van der Waals surface area contributed by atoms with Crippen molar-refractivity contribution in [3.63, 3.8) is 0 Å². The largest absolute Gasteiger partial charge is 0.191 e. The summed E-state index contributed by atoms with van der Waals surface area (Å²) in [5.41, 5.74) is 1.27. The number of nitrogens with zero attached hydrogens (tertiary/aromatic N) is 3. The summed E-state index contributed by atoms with van der Waals surface area (Å²) in [5, 5.41) is 15.5. The summed E-state index contributed by atoms with van der Waals surface area (Å²) in [4.78, 5) is 0. The summed E-state index contributed by atoms with van der Waals surface area (Å²) in [6.07, 6.45) is 1.57. The van der Waals surface area contributed by atoms with Crippen LogP contribution in [0.5, 0.6) is 0 Å². The van der Waals surface area contributed by atoms with Gasteiger partial charge in [0.05, 0.1) is 0 Å². The molecule has 0 unspecified atom stereocenters. The summed E-state index contributed by atoms with van der Waals surface area (Å²) >= 11 is 0. The van der Waals surface area contributed by atoms with Gasteiger partial charge in [0, 0.05) is 6.20 Å². The molecule has 0 aliphatic heterocycles. The maximum Gasteiger partial charge on any atom is 0.166 e. The first-order chi connectivity index (χ1) is 5.34. The van der Waals surface area contributed by atoms with Gasteiger partial charge in [0.25, 0.3) is 0 Å². The van der Waals surface area contributed by atoms with Gasteiger partial charge in [-0.3, -0.25) is 0 Å². The van der Waals surface area contributed by atoms with Gasteiger partial charge in [-0.15, -0.1) is 5.10 Å². The molecule has 0 bridgehead atoms. The Morgan fingerprint density at radius 3 is 2.45 bits per heavy atom. The molecule has 1 rings (SSSR count). The Kier molecular flexibility index (Phi) is 4.67. The van der Waals surface area contributed by atoms with Crippen LogP contribution in [0.3, 0.4) is 0 Å². The van der Waals surface area contributed by atoms with Crippen molar-refractivity contribution in [1.82, 2.24) is 10.2 Å². The highest BCUT2D eigenvalue weighted by atomic mass is 15.1. The molecule has 0 saturated heterocycles. The normalized spacial score (nSPS) is 7.45. The predicted molar refractivity (Wildman–Crippen MR) is 42.8 cm³/mol. The van der Waals surface area contributed by atoms with Crippen LogP contribution in [0.1, 0.15) is 25.1 Å². The molecule has 1 aromatic rings. The van der Waals surface area contributed by atoms with Gasteiger partial charge in [0.1, 0.15) is 6.07 Å². The van der Waals surface area contributed by atoms with E-state index in [2.05, 4.69) is 10.2 Å². The van der Waals surface area contributed by atoms with Gasteiger partial charge < -0.3 is 0 Å². The van der Waals surface area contributed by atoms with Crippen LogP contribution in [0.4, 0.5) is 0 Å². The zero-order valence-electron chi connectivity index (χ0n) is 7.00. The van der Waals surface area contributed by atoms with Gasteiger partial charge in [-0.05, 0) is 18.6 Å². The molecule has 0 aliphatic rings. The van der Waals surface area contributed by atoms with Crippen LogP contribution >= 0.6 is 0 Å². The van der Waals surface area contributed by atoms with E-state index in [0.717, 1.165) is 5.56 Å². The molecule has 0 saturated carbocycles. The third-order valence-corrected chi connectivity index (χ3v) is 1.03. The third kappa shape index (κ3) is 2.76. The molecular formula is C8H11N3. The Labute approximate surface area is 66.7 Å². The lowest BCUT2D eigenvalue weighted by molar-refractivity contribution is 0.991. The van der Waals surface area contributed by atoms with Crippen LogP contribution in [0, 0.1) is 18.3 Å². The summed E-state index contributed by atoms with van der Waals surface area (Å²) < 4.78 is 0. The molecule has 0 N–H and O–H groups in total. The number of hydrogen-bond donors (Lipinski definition) is 0. The molecule has 0 radical (unpaired) electrons. The van der Waals surface area contributed by atoms with E-state index in [-0.39, 0.29) is 0 Å². The van der Waals surface area contributed by atoms with E-state index >= 15 is 0 Å². The zero-order valence-corrected chi connectivity index (χ0v) is 7.00. The first-order valence-electron chi connectivity index (χ1n) is 3.53. The Balaban J connectivity index is 0.000000461. The first kappa shape index (κ1) is 9.57. The standard InChI is InChI=1S/C6H5N3.C2H6/c1-5-2-3-8-9-6(5)4-7;1-2/h2-3H,1H3;1-2H3. The van der Waals surface area contributed by atoms with E-state index in [4.69, 9.17) is 5.26 Å². The van der Waals surface area contributed by atoms with E-state index < -0.39 is 0 Å². The molecule has 0 aromatic carbocycles. The van der Waals surface area contributed by atoms with Crippen molar-refractivity contribution < 1.29 is 0 Å². The lowest BCUT2D eigenvalue weighted by atomic mass is 10.2. The zero-order chi connectivity index (χ0) is 8.69. The third-order valence-electron chi connectivity index (χ3n) is 1.03. The van der Waals surface area contributed by atoms with Crippen LogP contribution < -0.4 is 0 Å². The average Bonchev–Trinajstić information content (AvgIpc) is 2.09. The number of nitriles is 1. The number of aromatic nitrogens is 2. The van der Waals surface area contributed by atoms with Crippen molar-refractivity contribution >= 4 is 0 Å². The Hall–Kier alpha value is -1.43. The smallest absolute Gasteiger partial charge is 0.166 e. The molecule has 0 atom stereocenters. The second-order valence-electron chi connectivity index (χ2n) is 1.67. The van der Waals surface area contributed by atoms with E-state index in [1.54, 1.807) is 12.3 Å². The summed E-state index contributed by atoms with van der Waals surface area (Å²) in [6, 6.07) is 3.68. The van der Waals surface area contributed by atoms with Crippen LogP contribution in [-0.2, 0) is 0 Å².